The Labute approximate surface area is 62.0 Å². The molecule has 0 spiro atoms. The molecule has 0 aliphatic carbocycles. The van der Waals surface area contributed by atoms with Crippen molar-refractivity contribution in [2.45, 2.75) is 0 Å². The summed E-state index contributed by atoms with van der Waals surface area (Å²) in [5.74, 6) is 0. The molecule has 0 aromatic carbocycles. The van der Waals surface area contributed by atoms with E-state index < -0.39 is 7.82 Å². The van der Waals surface area contributed by atoms with Gasteiger partial charge >= 0.3 is 33.7 Å². The fourth-order valence-electron chi connectivity index (χ4n) is 0. The summed E-state index contributed by atoms with van der Waals surface area (Å²) in [5, 5.41) is 0. The molecule has 4 nitrogen and oxygen atoms in total. The van der Waals surface area contributed by atoms with Crippen molar-refractivity contribution < 1.29 is 18.7 Å². The second-order valence-corrected chi connectivity index (χ2v) is 2.42. The predicted molar refractivity (Wildman–Crippen MR) is 32.8 cm³/mol. The van der Waals surface area contributed by atoms with Gasteiger partial charge in [0.1, 0.15) is 0 Å². The maximum atomic E-state index is 9.45. The van der Waals surface area contributed by atoms with Gasteiger partial charge < -0.3 is 9.79 Å². The van der Waals surface area contributed by atoms with Crippen molar-refractivity contribution in [1.82, 2.24) is 0 Å². The Morgan fingerprint density at radius 3 is 1.71 bits per heavy atom. The van der Waals surface area contributed by atoms with Crippen molar-refractivity contribution in [3.63, 3.8) is 0 Å². The predicted octanol–water partition coefficient (Wildman–Crippen LogP) is -1.30. The van der Waals surface area contributed by atoms with E-state index in [2.05, 4.69) is 4.31 Å². The topological polar surface area (TPSA) is 66.8 Å². The number of rotatable bonds is 1. The van der Waals surface area contributed by atoms with Gasteiger partial charge in [-0.05, 0) is 0 Å². The van der Waals surface area contributed by atoms with E-state index >= 15 is 0 Å². The first-order valence-electron chi connectivity index (χ1n) is 1.00. The van der Waals surface area contributed by atoms with Gasteiger partial charge in [0, 0.05) is 9.47 Å². The Kier molecular flexibility index (Phi) is 6.91. The van der Waals surface area contributed by atoms with Crippen LogP contribution < -0.4 is 0 Å². The number of phosphoric acid groups is 1. The van der Waals surface area contributed by atoms with Crippen LogP contribution in [-0.4, -0.2) is 35.6 Å². The average Bonchev–Trinajstić information content (AvgIpc) is 1.35. The molecule has 0 aliphatic heterocycles. The summed E-state index contributed by atoms with van der Waals surface area (Å²) in [6, 6.07) is 0. The van der Waals surface area contributed by atoms with E-state index in [-0.39, 0.29) is 25.8 Å². The van der Waals surface area contributed by atoms with E-state index in [1.807, 2.05) is 0 Å². The molecule has 0 amide bonds. The zero-order valence-electron chi connectivity index (χ0n) is 2.74. The molecule has 44 valence electrons. The van der Waals surface area contributed by atoms with Crippen LogP contribution in [0.1, 0.15) is 0 Å². The van der Waals surface area contributed by atoms with Crippen LogP contribution in [0.15, 0.2) is 0 Å². The molecule has 0 radical (unpaired) electrons. The second kappa shape index (κ2) is 4.30. The van der Waals surface area contributed by atoms with Crippen molar-refractivity contribution in [2.24, 2.45) is 0 Å². The monoisotopic (exact) mass is 248 g/mol. The van der Waals surface area contributed by atoms with Crippen LogP contribution in [0.4, 0.5) is 0 Å². The van der Waals surface area contributed by atoms with E-state index in [9.17, 15) is 4.57 Å². The van der Waals surface area contributed by atoms with Gasteiger partial charge in [-0.1, -0.05) is 0 Å². The summed E-state index contributed by atoms with van der Waals surface area (Å²) in [7, 11) is -2.72. The van der Waals surface area contributed by atoms with Gasteiger partial charge in [-0.3, -0.25) is 4.31 Å². The molecule has 0 bridgehead atoms. The fourth-order valence-corrected chi connectivity index (χ4v) is 0. The van der Waals surface area contributed by atoms with Gasteiger partial charge in [-0.25, -0.2) is 4.57 Å². The summed E-state index contributed by atoms with van der Waals surface area (Å²) >= 11 is 0. The molecule has 0 fully saturated rings. The number of hydrogen-bond acceptors (Lipinski definition) is 2. The molecular weight excluding hydrogens is 241 g/mol. The van der Waals surface area contributed by atoms with Gasteiger partial charge in [0.05, 0.1) is 0 Å². The van der Waals surface area contributed by atoms with E-state index in [1.165, 1.54) is 9.47 Å². The Morgan fingerprint density at radius 1 is 1.57 bits per heavy atom. The first-order chi connectivity index (χ1) is 2.56. The molecule has 0 aromatic rings. The van der Waals surface area contributed by atoms with Gasteiger partial charge in [0.2, 0.25) is 0 Å². The van der Waals surface area contributed by atoms with Gasteiger partial charge in [0.25, 0.3) is 0 Å². The van der Waals surface area contributed by atoms with Gasteiger partial charge in [-0.15, -0.1) is 0 Å². The first kappa shape index (κ1) is 11.2. The van der Waals surface area contributed by atoms with Crippen LogP contribution >= 0.6 is 17.3 Å². The summed E-state index contributed by atoms with van der Waals surface area (Å²) in [6.45, 7) is 0. The average molecular weight is 248 g/mol. The normalized spacial score (nSPS) is 10.1. The molecule has 1 unspecified atom stereocenters. The Morgan fingerprint density at radius 2 is 1.71 bits per heavy atom. The number of hydrogen-bond donors (Lipinski definition) is 2. The third-order valence-corrected chi connectivity index (χ3v) is 1.24. The molecule has 0 heterocycles. The molecule has 1 atom stereocenters. The maximum absolute atomic E-state index is 9.45. The Bertz CT molecular complexity index is 73.8. The second-order valence-electron chi connectivity index (χ2n) is 0.596. The molecule has 0 aliphatic rings. The SMILES string of the molecule is O=P(O)(O)OP.[InH3]. The Balaban J connectivity index is 0. The van der Waals surface area contributed by atoms with Crippen LogP contribution in [0.25, 0.3) is 0 Å². The van der Waals surface area contributed by atoms with E-state index in [0.717, 1.165) is 0 Å². The van der Waals surface area contributed by atoms with Crippen LogP contribution in [0.3, 0.4) is 0 Å². The van der Waals surface area contributed by atoms with Crippen molar-refractivity contribution >= 4 is 43.1 Å². The molecule has 0 saturated heterocycles. The minimum absolute atomic E-state index is 0. The third-order valence-electron chi connectivity index (χ3n) is 0.137. The van der Waals surface area contributed by atoms with Crippen LogP contribution in [0.5, 0.6) is 0 Å². The van der Waals surface area contributed by atoms with Crippen LogP contribution in [-0.2, 0) is 8.88 Å². The molecule has 0 aromatic heterocycles. The molecule has 0 saturated carbocycles. The van der Waals surface area contributed by atoms with Crippen molar-refractivity contribution in [1.29, 1.82) is 0 Å². The standard InChI is InChI=1S/In.H4O4P2.3H/c;1-6(2,3)4-5;;;/h;5H2,(H2,1,2,3);;;. The van der Waals surface area contributed by atoms with E-state index in [1.54, 1.807) is 0 Å². The molecule has 7 heteroatoms. The van der Waals surface area contributed by atoms with E-state index in [0.29, 0.717) is 0 Å². The summed E-state index contributed by atoms with van der Waals surface area (Å²) in [6.07, 6.45) is 0. The molecule has 7 heavy (non-hydrogen) atoms. The fraction of sp³-hybridized carbons (Fsp3) is 0. The van der Waals surface area contributed by atoms with E-state index in [4.69, 9.17) is 9.79 Å². The Hall–Kier alpha value is 1.41. The summed E-state index contributed by atoms with van der Waals surface area (Å²) in [5.41, 5.74) is 0. The zero-order chi connectivity index (χ0) is 5.21. The molecule has 0 rings (SSSR count). The van der Waals surface area contributed by atoms with Crippen molar-refractivity contribution in [3.8, 4) is 0 Å². The van der Waals surface area contributed by atoms with Crippen LogP contribution in [0.2, 0.25) is 0 Å². The zero-order valence-corrected chi connectivity index (χ0v) is 4.78. The first-order valence-corrected chi connectivity index (χ1v) is 3.00. The van der Waals surface area contributed by atoms with Gasteiger partial charge in [-0.2, -0.15) is 0 Å². The molecule has 2 N–H and O–H groups in total. The molecular formula is H7InO4P2. The third kappa shape index (κ3) is 11.2. The van der Waals surface area contributed by atoms with Crippen molar-refractivity contribution in [2.75, 3.05) is 0 Å². The van der Waals surface area contributed by atoms with Crippen molar-refractivity contribution in [3.05, 3.63) is 0 Å². The summed E-state index contributed by atoms with van der Waals surface area (Å²) in [4.78, 5) is 15.4. The minimum atomic E-state index is -4.18. The quantitative estimate of drug-likeness (QED) is 0.566. The summed E-state index contributed by atoms with van der Waals surface area (Å²) < 4.78 is 13.0. The van der Waals surface area contributed by atoms with Gasteiger partial charge in [0.15, 0.2) is 0 Å². The van der Waals surface area contributed by atoms with Crippen LogP contribution in [0, 0.1) is 0 Å².